The molecular weight excluding hydrogens is 594 g/mol. The number of alkyl halides is 2. The average Bonchev–Trinajstić information content (AvgIpc) is 2.66. The molecule has 156 valence electrons. The van der Waals surface area contributed by atoms with Crippen molar-refractivity contribution in [2.24, 2.45) is 0 Å². The molecule has 0 saturated carbocycles. The summed E-state index contributed by atoms with van der Waals surface area (Å²) in [5.41, 5.74) is 1.38. The van der Waals surface area contributed by atoms with Crippen LogP contribution in [-0.4, -0.2) is 31.6 Å². The van der Waals surface area contributed by atoms with Crippen molar-refractivity contribution in [1.82, 2.24) is 0 Å². The minimum absolute atomic E-state index is 0.104. The van der Waals surface area contributed by atoms with Crippen molar-refractivity contribution in [2.45, 2.75) is 41.0 Å². The van der Waals surface area contributed by atoms with Gasteiger partial charge in [-0.05, 0) is 76.2 Å². The molecule has 2 rings (SSSR count). The van der Waals surface area contributed by atoms with Crippen LogP contribution in [0.25, 0.3) is 0 Å². The summed E-state index contributed by atoms with van der Waals surface area (Å²) in [6.45, 7) is 8.63. The van der Waals surface area contributed by atoms with Crippen LogP contribution in [0.4, 0.5) is 0 Å². The fourth-order valence-electron chi connectivity index (χ4n) is 2.53. The predicted octanol–water partition coefficient (Wildman–Crippen LogP) is 6.33. The highest BCUT2D eigenvalue weighted by Gasteiger charge is 2.25. The van der Waals surface area contributed by atoms with Gasteiger partial charge in [0.15, 0.2) is 11.6 Å². The number of halogens is 2. The van der Waals surface area contributed by atoms with Gasteiger partial charge in [-0.3, -0.25) is 9.59 Å². The van der Waals surface area contributed by atoms with E-state index in [1.54, 1.807) is 24.3 Å². The third-order valence-electron chi connectivity index (χ3n) is 4.14. The van der Waals surface area contributed by atoms with Gasteiger partial charge >= 0.3 is 0 Å². The fraction of sp³-hybridized carbons (Fsp3) is 0.391. The third-order valence-corrected chi connectivity index (χ3v) is 5.12. The van der Waals surface area contributed by atoms with E-state index in [1.165, 1.54) is 0 Å². The van der Waals surface area contributed by atoms with E-state index < -0.39 is 6.84 Å². The Labute approximate surface area is 200 Å². The molecule has 29 heavy (non-hydrogen) atoms. The van der Waals surface area contributed by atoms with Crippen molar-refractivity contribution in [2.75, 3.05) is 13.2 Å². The van der Waals surface area contributed by atoms with Gasteiger partial charge in [0.05, 0.1) is 20.1 Å². The molecule has 0 fully saturated rings. The van der Waals surface area contributed by atoms with Crippen molar-refractivity contribution in [3.63, 3.8) is 0 Å². The molecule has 0 radical (unpaired) electrons. The highest BCUT2D eigenvalue weighted by molar-refractivity contribution is 14.1. The minimum Gasteiger partial charge on any atom is -0.493 e. The standard InChI is InChI=1S/C23H26I2O4/c1-22(2,24)20(26)16-6-10-18(11-7-16)28-14-5-15-29-19-12-8-17(9-13-19)21(27)23(3,4)25/h6-13H,5,14-15H2,1-4H3. The lowest BCUT2D eigenvalue weighted by atomic mass is 10.0. The van der Waals surface area contributed by atoms with Crippen LogP contribution in [0, 0.1) is 0 Å². The highest BCUT2D eigenvalue weighted by Crippen LogP contribution is 2.25. The summed E-state index contributed by atoms with van der Waals surface area (Å²) in [6, 6.07) is 14.5. The Morgan fingerprint density at radius 1 is 0.690 bits per heavy atom. The zero-order valence-corrected chi connectivity index (χ0v) is 21.4. The Bertz CT molecular complexity index is 758. The van der Waals surface area contributed by atoms with Crippen molar-refractivity contribution < 1.29 is 19.1 Å². The molecule has 0 bridgehead atoms. The maximum atomic E-state index is 12.2. The number of carbonyl (C=O) groups is 2. The Morgan fingerprint density at radius 2 is 1.00 bits per heavy atom. The van der Waals surface area contributed by atoms with Gasteiger partial charge < -0.3 is 9.47 Å². The van der Waals surface area contributed by atoms with E-state index in [2.05, 4.69) is 45.2 Å². The number of benzene rings is 2. The molecule has 0 aliphatic heterocycles. The molecule has 0 aromatic heterocycles. The summed E-state index contributed by atoms with van der Waals surface area (Å²) in [6.07, 6.45) is 0.725. The normalized spacial score (nSPS) is 11.8. The Kier molecular flexibility index (Phi) is 8.51. The third kappa shape index (κ3) is 7.55. The Hall–Kier alpha value is -1.16. The quantitative estimate of drug-likeness (QED) is 0.135. The lowest BCUT2D eigenvalue weighted by Gasteiger charge is -2.15. The number of carbonyl (C=O) groups excluding carboxylic acids is 2. The number of hydrogen-bond acceptors (Lipinski definition) is 4. The van der Waals surface area contributed by atoms with Crippen LogP contribution in [0.1, 0.15) is 54.8 Å². The molecule has 6 heteroatoms. The smallest absolute Gasteiger partial charge is 0.178 e. The lowest BCUT2D eigenvalue weighted by Crippen LogP contribution is -2.23. The molecule has 0 saturated heterocycles. The van der Waals surface area contributed by atoms with E-state index in [9.17, 15) is 9.59 Å². The number of rotatable bonds is 10. The molecule has 2 aromatic carbocycles. The van der Waals surface area contributed by atoms with Crippen LogP contribution in [0.2, 0.25) is 0 Å². The molecule has 0 aliphatic carbocycles. The largest absolute Gasteiger partial charge is 0.493 e. The van der Waals surface area contributed by atoms with E-state index in [0.717, 1.165) is 17.9 Å². The second kappa shape index (κ2) is 10.2. The van der Waals surface area contributed by atoms with Gasteiger partial charge in [0.2, 0.25) is 0 Å². The summed E-state index contributed by atoms with van der Waals surface area (Å²) in [5, 5.41) is 0. The summed E-state index contributed by atoms with van der Waals surface area (Å²) < 4.78 is 10.6. The Morgan fingerprint density at radius 3 is 1.28 bits per heavy atom. The van der Waals surface area contributed by atoms with Gasteiger partial charge in [-0.2, -0.15) is 0 Å². The summed E-state index contributed by atoms with van der Waals surface area (Å²) >= 11 is 4.30. The van der Waals surface area contributed by atoms with Crippen molar-refractivity contribution in [3.05, 3.63) is 59.7 Å². The zero-order valence-electron chi connectivity index (χ0n) is 17.1. The van der Waals surface area contributed by atoms with Crippen LogP contribution in [0.15, 0.2) is 48.5 Å². The van der Waals surface area contributed by atoms with E-state index in [1.807, 2.05) is 52.0 Å². The average molecular weight is 620 g/mol. The molecule has 0 amide bonds. The first kappa shape index (κ1) is 24.1. The summed E-state index contributed by atoms with van der Waals surface area (Å²) in [4.78, 5) is 24.5. The number of hydrogen-bond donors (Lipinski definition) is 0. The van der Waals surface area contributed by atoms with Gasteiger partial charge in [0, 0.05) is 17.5 Å². The second-order valence-corrected chi connectivity index (χ2v) is 13.1. The van der Waals surface area contributed by atoms with Crippen LogP contribution in [0.5, 0.6) is 11.5 Å². The van der Waals surface area contributed by atoms with Gasteiger partial charge in [0.25, 0.3) is 0 Å². The maximum absolute atomic E-state index is 12.2. The SMILES string of the molecule is CC(C)(I)C(=O)c1ccc(OCCCOc2ccc(C(=O)C(C)(C)I)cc2)cc1. The zero-order chi connectivity index (χ0) is 21.7. The Balaban J connectivity index is 1.75. The highest BCUT2D eigenvalue weighted by atomic mass is 127. The van der Waals surface area contributed by atoms with Crippen LogP contribution in [-0.2, 0) is 0 Å². The van der Waals surface area contributed by atoms with Crippen LogP contribution < -0.4 is 9.47 Å². The van der Waals surface area contributed by atoms with E-state index in [0.29, 0.717) is 24.3 Å². The van der Waals surface area contributed by atoms with E-state index in [4.69, 9.17) is 9.47 Å². The molecule has 0 heterocycles. The molecule has 0 aliphatic rings. The second-order valence-electron chi connectivity index (χ2n) is 7.70. The van der Waals surface area contributed by atoms with E-state index in [-0.39, 0.29) is 11.6 Å². The van der Waals surface area contributed by atoms with E-state index >= 15 is 0 Å². The summed E-state index contributed by atoms with van der Waals surface area (Å²) in [5.74, 6) is 1.68. The fourth-order valence-corrected chi connectivity index (χ4v) is 3.15. The predicted molar refractivity (Wildman–Crippen MR) is 133 cm³/mol. The van der Waals surface area contributed by atoms with Gasteiger partial charge in [-0.25, -0.2) is 0 Å². The molecule has 2 aromatic rings. The first-order valence-electron chi connectivity index (χ1n) is 9.41. The van der Waals surface area contributed by atoms with Crippen LogP contribution in [0.3, 0.4) is 0 Å². The molecule has 0 spiro atoms. The molecule has 4 nitrogen and oxygen atoms in total. The van der Waals surface area contributed by atoms with Gasteiger partial charge in [-0.1, -0.05) is 45.2 Å². The van der Waals surface area contributed by atoms with Crippen molar-refractivity contribution in [3.8, 4) is 11.5 Å². The topological polar surface area (TPSA) is 52.6 Å². The monoisotopic (exact) mass is 620 g/mol. The molecule has 0 unspecified atom stereocenters. The number of ketones is 2. The summed E-state index contributed by atoms with van der Waals surface area (Å²) in [7, 11) is 0. The van der Waals surface area contributed by atoms with Crippen molar-refractivity contribution in [1.29, 1.82) is 0 Å². The molecule has 0 atom stereocenters. The first-order valence-corrected chi connectivity index (χ1v) is 11.6. The van der Waals surface area contributed by atoms with Gasteiger partial charge in [0.1, 0.15) is 11.5 Å². The molecule has 0 N–H and O–H groups in total. The minimum atomic E-state index is -0.421. The number of ether oxygens (including phenoxy) is 2. The van der Waals surface area contributed by atoms with Crippen molar-refractivity contribution >= 4 is 56.7 Å². The molecular formula is C23H26I2O4. The first-order chi connectivity index (χ1) is 13.5. The van der Waals surface area contributed by atoms with Gasteiger partial charge in [-0.15, -0.1) is 0 Å². The number of Topliss-reactive ketones (excluding diaryl/α,β-unsaturated/α-hetero) is 2. The van der Waals surface area contributed by atoms with Crippen LogP contribution >= 0.6 is 45.2 Å². The lowest BCUT2D eigenvalue weighted by molar-refractivity contribution is 0.0958. The maximum Gasteiger partial charge on any atom is 0.178 e.